The Balaban J connectivity index is 2.40. The zero-order valence-corrected chi connectivity index (χ0v) is 16.2. The summed E-state index contributed by atoms with van der Waals surface area (Å²) in [5, 5.41) is 10.9. The summed E-state index contributed by atoms with van der Waals surface area (Å²) in [5.41, 5.74) is -0.624. The lowest BCUT2D eigenvalue weighted by molar-refractivity contribution is -0.384. The third-order valence-corrected chi connectivity index (χ3v) is 5.87. The SMILES string of the molecule is COC(=O)c1coc(CN(C(C)C)S(=O)(=O)c2ccc(Cl)c([N+](=O)[O-])c2)n1. The van der Waals surface area contributed by atoms with Gasteiger partial charge in [-0.2, -0.15) is 4.31 Å². The highest BCUT2D eigenvalue weighted by Crippen LogP contribution is 2.29. The van der Waals surface area contributed by atoms with Crippen LogP contribution < -0.4 is 0 Å². The van der Waals surface area contributed by atoms with Crippen molar-refractivity contribution in [3.8, 4) is 0 Å². The van der Waals surface area contributed by atoms with E-state index in [1.807, 2.05) is 0 Å². The van der Waals surface area contributed by atoms with E-state index >= 15 is 0 Å². The first kappa shape index (κ1) is 20.8. The van der Waals surface area contributed by atoms with Crippen LogP contribution in [0.2, 0.25) is 5.02 Å². The molecular formula is C15H16ClN3O7S. The van der Waals surface area contributed by atoms with Gasteiger partial charge >= 0.3 is 5.97 Å². The van der Waals surface area contributed by atoms with Crippen LogP contribution in [0, 0.1) is 10.1 Å². The second-order valence-electron chi connectivity index (χ2n) is 5.63. The molecule has 0 fully saturated rings. The maximum Gasteiger partial charge on any atom is 0.360 e. The van der Waals surface area contributed by atoms with E-state index in [0.717, 1.165) is 22.7 Å². The Hall–Kier alpha value is -2.50. The summed E-state index contributed by atoms with van der Waals surface area (Å²) in [6.45, 7) is 2.95. The van der Waals surface area contributed by atoms with Crippen molar-refractivity contribution in [2.45, 2.75) is 31.3 Å². The van der Waals surface area contributed by atoms with Crippen molar-refractivity contribution in [2.24, 2.45) is 0 Å². The molecule has 0 N–H and O–H groups in total. The van der Waals surface area contributed by atoms with E-state index in [4.69, 9.17) is 16.0 Å². The van der Waals surface area contributed by atoms with Gasteiger partial charge in [0.1, 0.15) is 11.3 Å². The van der Waals surface area contributed by atoms with Crippen molar-refractivity contribution in [1.29, 1.82) is 0 Å². The van der Waals surface area contributed by atoms with Gasteiger partial charge in [-0.1, -0.05) is 11.6 Å². The predicted molar refractivity (Wildman–Crippen MR) is 93.8 cm³/mol. The molecule has 0 saturated carbocycles. The number of benzene rings is 1. The third kappa shape index (κ3) is 4.43. The molecule has 1 aromatic carbocycles. The quantitative estimate of drug-likeness (QED) is 0.381. The molecule has 1 heterocycles. The van der Waals surface area contributed by atoms with E-state index in [9.17, 15) is 23.3 Å². The first-order chi connectivity index (χ1) is 12.6. The van der Waals surface area contributed by atoms with Crippen molar-refractivity contribution in [2.75, 3.05) is 7.11 Å². The minimum atomic E-state index is -4.13. The Bertz CT molecular complexity index is 972. The fraction of sp³-hybridized carbons (Fsp3) is 0.333. The Morgan fingerprint density at radius 1 is 1.44 bits per heavy atom. The number of aromatic nitrogens is 1. The number of hydrogen-bond donors (Lipinski definition) is 0. The summed E-state index contributed by atoms with van der Waals surface area (Å²) in [7, 11) is -2.96. The lowest BCUT2D eigenvalue weighted by Gasteiger charge is -2.24. The Morgan fingerprint density at radius 3 is 2.67 bits per heavy atom. The summed E-state index contributed by atoms with van der Waals surface area (Å²) >= 11 is 5.74. The van der Waals surface area contributed by atoms with Crippen LogP contribution in [-0.2, 0) is 21.3 Å². The van der Waals surface area contributed by atoms with Crippen LogP contribution in [0.5, 0.6) is 0 Å². The topological polar surface area (TPSA) is 133 Å². The third-order valence-electron chi connectivity index (χ3n) is 3.53. The van der Waals surface area contributed by atoms with E-state index in [1.54, 1.807) is 13.8 Å². The van der Waals surface area contributed by atoms with Gasteiger partial charge in [-0.25, -0.2) is 18.2 Å². The number of carbonyl (C=O) groups is 1. The van der Waals surface area contributed by atoms with Gasteiger partial charge in [0.25, 0.3) is 5.69 Å². The molecule has 0 unspecified atom stereocenters. The summed E-state index contributed by atoms with van der Waals surface area (Å²) in [4.78, 5) is 25.3. The van der Waals surface area contributed by atoms with E-state index in [1.165, 1.54) is 13.2 Å². The lowest BCUT2D eigenvalue weighted by atomic mass is 10.3. The van der Waals surface area contributed by atoms with Gasteiger partial charge in [-0.05, 0) is 26.0 Å². The van der Waals surface area contributed by atoms with Crippen molar-refractivity contribution in [1.82, 2.24) is 9.29 Å². The highest BCUT2D eigenvalue weighted by Gasteiger charge is 2.31. The monoisotopic (exact) mass is 417 g/mol. The highest BCUT2D eigenvalue weighted by molar-refractivity contribution is 7.89. The summed E-state index contributed by atoms with van der Waals surface area (Å²) in [6, 6.07) is 2.68. The standard InChI is InChI=1S/C15H16ClN3O7S/c1-9(2)18(7-14-17-12(8-26-14)15(20)25-3)27(23,24)10-4-5-11(16)13(6-10)19(21)22/h4-6,8-9H,7H2,1-3H3. The minimum Gasteiger partial charge on any atom is -0.464 e. The van der Waals surface area contributed by atoms with Gasteiger partial charge in [0.15, 0.2) is 5.69 Å². The van der Waals surface area contributed by atoms with E-state index in [2.05, 4.69) is 9.72 Å². The fourth-order valence-electron chi connectivity index (χ4n) is 2.19. The number of nitro groups is 1. The van der Waals surface area contributed by atoms with Crippen molar-refractivity contribution in [3.63, 3.8) is 0 Å². The van der Waals surface area contributed by atoms with Gasteiger partial charge in [0.2, 0.25) is 15.9 Å². The summed E-state index contributed by atoms with van der Waals surface area (Å²) in [5.74, 6) is -0.756. The second kappa shape index (κ2) is 8.03. The van der Waals surface area contributed by atoms with E-state index in [-0.39, 0.29) is 28.0 Å². The zero-order chi connectivity index (χ0) is 20.4. The number of nitro benzene ring substituents is 1. The average molecular weight is 418 g/mol. The molecule has 10 nitrogen and oxygen atoms in total. The molecular weight excluding hydrogens is 402 g/mol. The number of esters is 1. The Kier molecular flexibility index (Phi) is 6.19. The number of rotatable bonds is 7. The van der Waals surface area contributed by atoms with Gasteiger partial charge in [-0.15, -0.1) is 0 Å². The number of oxazole rings is 1. The Labute approximate surface area is 159 Å². The van der Waals surface area contributed by atoms with Gasteiger partial charge < -0.3 is 9.15 Å². The molecule has 2 rings (SSSR count). The molecule has 0 aliphatic carbocycles. The van der Waals surface area contributed by atoms with Crippen LogP contribution in [-0.4, -0.2) is 41.8 Å². The molecule has 1 aromatic heterocycles. The first-order valence-electron chi connectivity index (χ1n) is 7.56. The van der Waals surface area contributed by atoms with Crippen LogP contribution >= 0.6 is 11.6 Å². The van der Waals surface area contributed by atoms with Crippen LogP contribution in [0.1, 0.15) is 30.2 Å². The van der Waals surface area contributed by atoms with Gasteiger partial charge in [0, 0.05) is 12.1 Å². The maximum atomic E-state index is 13.0. The molecule has 0 spiro atoms. The molecule has 27 heavy (non-hydrogen) atoms. The minimum absolute atomic E-state index is 0.0314. The summed E-state index contributed by atoms with van der Waals surface area (Å²) in [6.07, 6.45) is 1.05. The molecule has 0 bridgehead atoms. The maximum absolute atomic E-state index is 13.0. The zero-order valence-electron chi connectivity index (χ0n) is 14.6. The first-order valence-corrected chi connectivity index (χ1v) is 9.38. The Morgan fingerprint density at radius 2 is 2.11 bits per heavy atom. The summed E-state index contributed by atoms with van der Waals surface area (Å²) < 4.78 is 36.6. The van der Waals surface area contributed by atoms with Crippen molar-refractivity contribution < 1.29 is 27.3 Å². The van der Waals surface area contributed by atoms with Crippen LogP contribution in [0.25, 0.3) is 0 Å². The number of sulfonamides is 1. The number of nitrogens with zero attached hydrogens (tertiary/aromatic N) is 3. The van der Waals surface area contributed by atoms with Gasteiger partial charge in [-0.3, -0.25) is 10.1 Å². The fourth-order valence-corrected chi connectivity index (χ4v) is 3.98. The molecule has 0 aliphatic heterocycles. The number of carbonyl (C=O) groups excluding carboxylic acids is 1. The average Bonchev–Trinajstić information content (AvgIpc) is 3.07. The molecule has 0 aliphatic rings. The van der Waals surface area contributed by atoms with Crippen LogP contribution in [0.3, 0.4) is 0 Å². The van der Waals surface area contributed by atoms with Crippen molar-refractivity contribution >= 4 is 33.3 Å². The predicted octanol–water partition coefficient (Wildman–Crippen LogP) is 2.62. The second-order valence-corrected chi connectivity index (χ2v) is 7.93. The lowest BCUT2D eigenvalue weighted by Crippen LogP contribution is -2.36. The van der Waals surface area contributed by atoms with E-state index < -0.39 is 32.6 Å². The molecule has 12 heteroatoms. The smallest absolute Gasteiger partial charge is 0.360 e. The molecule has 0 amide bonds. The molecule has 2 aromatic rings. The number of methoxy groups -OCH3 is 1. The van der Waals surface area contributed by atoms with E-state index in [0.29, 0.717) is 0 Å². The van der Waals surface area contributed by atoms with Crippen LogP contribution in [0.4, 0.5) is 5.69 Å². The largest absolute Gasteiger partial charge is 0.464 e. The molecule has 0 saturated heterocycles. The molecule has 0 atom stereocenters. The highest BCUT2D eigenvalue weighted by atomic mass is 35.5. The number of hydrogen-bond acceptors (Lipinski definition) is 8. The molecule has 0 radical (unpaired) electrons. The number of ether oxygens (including phenoxy) is 1. The number of halogens is 1. The molecule has 146 valence electrons. The normalized spacial score (nSPS) is 11.8. The van der Waals surface area contributed by atoms with Crippen molar-refractivity contribution in [3.05, 3.63) is 51.2 Å². The van der Waals surface area contributed by atoms with Crippen LogP contribution in [0.15, 0.2) is 33.8 Å². The van der Waals surface area contributed by atoms with Gasteiger partial charge in [0.05, 0.1) is 23.5 Å².